The Morgan fingerprint density at radius 1 is 1.16 bits per heavy atom. The van der Waals surface area contributed by atoms with Crippen LogP contribution >= 0.6 is 0 Å². The maximum absolute atomic E-state index is 13.9. The van der Waals surface area contributed by atoms with E-state index in [4.69, 9.17) is 4.74 Å². The molecule has 0 saturated heterocycles. The fraction of sp³-hybridized carbons (Fsp3) is 0.889. The fourth-order valence-electron chi connectivity index (χ4n) is 8.97. The SMILES string of the molecule is CC1=C(CC[C@@H](C)CO)O[C@H]2C[C@H]3[C@@H]4CC[C@H]5C[C@@H](O)CC[C@]5(C)[C@@H]4CC(=O)[C@]3(C)[C@H]12. The second kappa shape index (κ2) is 7.58. The largest absolute Gasteiger partial charge is 0.494 e. The molecule has 4 heteroatoms. The van der Waals surface area contributed by atoms with E-state index in [1.165, 1.54) is 18.4 Å². The summed E-state index contributed by atoms with van der Waals surface area (Å²) in [7, 11) is 0. The molecule has 2 N–H and O–H groups in total. The highest BCUT2D eigenvalue weighted by atomic mass is 16.5. The molecule has 0 aromatic rings. The van der Waals surface area contributed by atoms with E-state index in [1.54, 1.807) is 0 Å². The Morgan fingerprint density at radius 3 is 2.68 bits per heavy atom. The minimum atomic E-state index is -0.280. The van der Waals surface area contributed by atoms with Gasteiger partial charge in [0.25, 0.3) is 0 Å². The highest BCUT2D eigenvalue weighted by molar-refractivity contribution is 5.87. The number of aliphatic hydroxyl groups is 2. The zero-order chi connectivity index (χ0) is 22.1. The van der Waals surface area contributed by atoms with Crippen molar-refractivity contribution in [2.24, 2.45) is 46.3 Å². The van der Waals surface area contributed by atoms with Crippen LogP contribution in [0, 0.1) is 46.3 Å². The Kier molecular flexibility index (Phi) is 5.37. The van der Waals surface area contributed by atoms with E-state index in [1.807, 2.05) is 0 Å². The minimum Gasteiger partial charge on any atom is -0.494 e. The molecule has 0 bridgehead atoms. The van der Waals surface area contributed by atoms with Crippen LogP contribution in [0.2, 0.25) is 0 Å². The summed E-state index contributed by atoms with van der Waals surface area (Å²) in [5.41, 5.74) is 1.25. The normalized spacial score (nSPS) is 49.7. The highest BCUT2D eigenvalue weighted by Gasteiger charge is 2.67. The van der Waals surface area contributed by atoms with Crippen LogP contribution in [-0.4, -0.2) is 34.8 Å². The van der Waals surface area contributed by atoms with E-state index >= 15 is 0 Å². The topological polar surface area (TPSA) is 66.8 Å². The predicted molar refractivity (Wildman–Crippen MR) is 120 cm³/mol. The first-order valence-electron chi connectivity index (χ1n) is 12.9. The molecule has 174 valence electrons. The van der Waals surface area contributed by atoms with Crippen molar-refractivity contribution in [2.75, 3.05) is 6.61 Å². The van der Waals surface area contributed by atoms with Crippen molar-refractivity contribution in [2.45, 2.75) is 97.7 Å². The molecule has 5 aliphatic rings. The number of rotatable bonds is 4. The molecule has 5 rings (SSSR count). The molecule has 1 aliphatic heterocycles. The van der Waals surface area contributed by atoms with Gasteiger partial charge in [0.1, 0.15) is 11.9 Å². The van der Waals surface area contributed by atoms with Crippen molar-refractivity contribution < 1.29 is 19.7 Å². The smallest absolute Gasteiger partial charge is 0.140 e. The summed E-state index contributed by atoms with van der Waals surface area (Å²) in [5.74, 6) is 4.23. The molecular formula is C27H42O4. The van der Waals surface area contributed by atoms with Gasteiger partial charge in [-0.25, -0.2) is 0 Å². The summed E-state index contributed by atoms with van der Waals surface area (Å²) in [6.45, 7) is 9.21. The second-order valence-electron chi connectivity index (χ2n) is 12.3. The number of aliphatic hydroxyl groups excluding tert-OH is 2. The van der Waals surface area contributed by atoms with Gasteiger partial charge in [0.05, 0.1) is 11.9 Å². The Hall–Kier alpha value is -0.870. The summed E-state index contributed by atoms with van der Waals surface area (Å²) in [6.07, 6.45) is 8.93. The Bertz CT molecular complexity index is 773. The third kappa shape index (κ3) is 3.10. The fourth-order valence-corrected chi connectivity index (χ4v) is 8.97. The molecular weight excluding hydrogens is 388 g/mol. The van der Waals surface area contributed by atoms with Crippen molar-refractivity contribution in [1.82, 2.24) is 0 Å². The van der Waals surface area contributed by atoms with Gasteiger partial charge in [0.15, 0.2) is 0 Å². The number of fused-ring (bicyclic) bond motifs is 7. The molecule has 0 amide bonds. The second-order valence-corrected chi connectivity index (χ2v) is 12.3. The van der Waals surface area contributed by atoms with E-state index in [2.05, 4.69) is 27.7 Å². The van der Waals surface area contributed by atoms with Crippen molar-refractivity contribution in [3.05, 3.63) is 11.3 Å². The summed E-state index contributed by atoms with van der Waals surface area (Å²) in [6, 6.07) is 0. The van der Waals surface area contributed by atoms with Crippen LogP contribution in [-0.2, 0) is 9.53 Å². The van der Waals surface area contributed by atoms with Gasteiger partial charge in [0.2, 0.25) is 0 Å². The van der Waals surface area contributed by atoms with Crippen LogP contribution in [0.15, 0.2) is 11.3 Å². The standard InChI is InChI=1S/C27H42O4/c1-15(14-28)5-8-22-16(2)25-23(31-22)12-21-19-7-6-17-11-18(29)9-10-26(17,3)20(19)13-24(30)27(21,25)4/h15,17-21,23,25,28-29H,5-14H2,1-4H3/t15-,17+,18+,19-,20-,21+,23+,25-,26+,27-/m1/s1. The summed E-state index contributed by atoms with van der Waals surface area (Å²) in [5, 5.41) is 19.6. The number of carbonyl (C=O) groups excluding carboxylic acids is 1. The molecule has 4 fully saturated rings. The molecule has 0 unspecified atom stereocenters. The molecule has 4 saturated carbocycles. The van der Waals surface area contributed by atoms with Crippen LogP contribution in [0.4, 0.5) is 0 Å². The number of ketones is 1. The van der Waals surface area contributed by atoms with Gasteiger partial charge in [-0.05, 0) is 92.4 Å². The molecule has 0 aromatic heterocycles. The zero-order valence-electron chi connectivity index (χ0n) is 19.9. The van der Waals surface area contributed by atoms with Gasteiger partial charge in [-0.3, -0.25) is 4.79 Å². The lowest BCUT2D eigenvalue weighted by atomic mass is 9.44. The summed E-state index contributed by atoms with van der Waals surface area (Å²) < 4.78 is 6.54. The van der Waals surface area contributed by atoms with Crippen molar-refractivity contribution >= 4 is 5.78 Å². The molecule has 0 aromatic carbocycles. The first-order chi connectivity index (χ1) is 14.7. The number of hydrogen-bond acceptors (Lipinski definition) is 4. The monoisotopic (exact) mass is 430 g/mol. The molecule has 1 heterocycles. The van der Waals surface area contributed by atoms with E-state index in [9.17, 15) is 15.0 Å². The highest BCUT2D eigenvalue weighted by Crippen LogP contribution is 2.68. The maximum Gasteiger partial charge on any atom is 0.140 e. The molecule has 0 radical (unpaired) electrons. The van der Waals surface area contributed by atoms with Gasteiger partial charge in [-0.1, -0.05) is 20.8 Å². The molecule has 31 heavy (non-hydrogen) atoms. The van der Waals surface area contributed by atoms with Crippen molar-refractivity contribution in [1.29, 1.82) is 0 Å². The minimum absolute atomic E-state index is 0.141. The number of allylic oxidation sites excluding steroid dienone is 1. The third-order valence-electron chi connectivity index (χ3n) is 10.9. The lowest BCUT2D eigenvalue weighted by Crippen LogP contribution is -2.57. The maximum atomic E-state index is 13.9. The van der Waals surface area contributed by atoms with E-state index in [0.29, 0.717) is 29.5 Å². The Balaban J connectivity index is 1.41. The van der Waals surface area contributed by atoms with Gasteiger partial charge < -0.3 is 14.9 Å². The van der Waals surface area contributed by atoms with E-state index < -0.39 is 0 Å². The average molecular weight is 431 g/mol. The third-order valence-corrected chi connectivity index (χ3v) is 10.9. The first kappa shape index (κ1) is 21.9. The van der Waals surface area contributed by atoms with Crippen molar-refractivity contribution in [3.63, 3.8) is 0 Å². The van der Waals surface area contributed by atoms with E-state index in [0.717, 1.165) is 50.7 Å². The van der Waals surface area contributed by atoms with Crippen LogP contribution in [0.1, 0.15) is 85.5 Å². The van der Waals surface area contributed by atoms with Crippen LogP contribution in [0.25, 0.3) is 0 Å². The van der Waals surface area contributed by atoms with Crippen LogP contribution in [0.5, 0.6) is 0 Å². The lowest BCUT2D eigenvalue weighted by molar-refractivity contribution is -0.158. The number of ether oxygens (including phenoxy) is 1. The molecule has 10 atom stereocenters. The number of carbonyl (C=O) groups is 1. The number of Topliss-reactive ketones (excluding diaryl/α,β-unsaturated/α-hetero) is 1. The quantitative estimate of drug-likeness (QED) is 0.667. The van der Waals surface area contributed by atoms with Crippen LogP contribution < -0.4 is 0 Å². The molecule has 0 spiro atoms. The van der Waals surface area contributed by atoms with Gasteiger partial charge in [-0.15, -0.1) is 0 Å². The Morgan fingerprint density at radius 2 is 1.94 bits per heavy atom. The Labute approximate surface area is 187 Å². The van der Waals surface area contributed by atoms with Crippen molar-refractivity contribution in [3.8, 4) is 0 Å². The zero-order valence-corrected chi connectivity index (χ0v) is 19.9. The van der Waals surface area contributed by atoms with Gasteiger partial charge >= 0.3 is 0 Å². The van der Waals surface area contributed by atoms with Gasteiger partial charge in [-0.2, -0.15) is 0 Å². The summed E-state index contributed by atoms with van der Waals surface area (Å²) >= 11 is 0. The first-order valence-corrected chi connectivity index (χ1v) is 12.9. The summed E-state index contributed by atoms with van der Waals surface area (Å²) in [4.78, 5) is 13.9. The van der Waals surface area contributed by atoms with E-state index in [-0.39, 0.29) is 41.5 Å². The van der Waals surface area contributed by atoms with Gasteiger partial charge in [0, 0.05) is 30.8 Å². The lowest BCUT2D eigenvalue weighted by Gasteiger charge is -2.60. The van der Waals surface area contributed by atoms with Crippen LogP contribution in [0.3, 0.4) is 0 Å². The molecule has 4 nitrogen and oxygen atoms in total. The average Bonchev–Trinajstić information content (AvgIpc) is 3.22. The number of hydrogen-bond donors (Lipinski definition) is 2. The predicted octanol–water partition coefficient (Wildman–Crippen LogP) is 4.88. The molecule has 4 aliphatic carbocycles.